The molecule has 4 rings (SSSR count). The van der Waals surface area contributed by atoms with E-state index in [1.807, 2.05) is 54.3 Å². The maximum absolute atomic E-state index is 13.1. The van der Waals surface area contributed by atoms with Crippen LogP contribution in [0.1, 0.15) is 52.2 Å². The van der Waals surface area contributed by atoms with Gasteiger partial charge in [0.15, 0.2) is 5.82 Å². The van der Waals surface area contributed by atoms with Gasteiger partial charge in [-0.15, -0.1) is 10.2 Å². The third-order valence-electron chi connectivity index (χ3n) is 5.21. The zero-order valence-corrected chi connectivity index (χ0v) is 16.2. The van der Waals surface area contributed by atoms with Crippen molar-refractivity contribution in [3.05, 3.63) is 59.1 Å². The monoisotopic (exact) mass is 364 g/mol. The van der Waals surface area contributed by atoms with Crippen molar-refractivity contribution in [3.8, 4) is 5.82 Å². The highest BCUT2D eigenvalue weighted by atomic mass is 16.2. The number of carbonyl (C=O) groups excluding carboxylic acids is 1. The number of amides is 1. The molecule has 1 aliphatic rings. The molecule has 3 aromatic heterocycles. The highest BCUT2D eigenvalue weighted by molar-refractivity contribution is 5.95. The van der Waals surface area contributed by atoms with E-state index in [0.29, 0.717) is 18.0 Å². The molecule has 0 saturated heterocycles. The summed E-state index contributed by atoms with van der Waals surface area (Å²) in [5.41, 5.74) is 2.56. The summed E-state index contributed by atoms with van der Waals surface area (Å²) in [5, 5.41) is 8.59. The molecule has 3 aromatic rings. The number of pyridine rings is 1. The summed E-state index contributed by atoms with van der Waals surface area (Å²) < 4.78 is 4.03. The molecule has 0 unspecified atom stereocenters. The predicted octanol–water partition coefficient (Wildman–Crippen LogP) is 2.77. The van der Waals surface area contributed by atoms with Crippen LogP contribution in [0.25, 0.3) is 5.82 Å². The number of aryl methyl sites for hydroxylation is 1. The van der Waals surface area contributed by atoms with Crippen LogP contribution in [0.4, 0.5) is 0 Å². The molecule has 1 aliphatic carbocycles. The van der Waals surface area contributed by atoms with Gasteiger partial charge < -0.3 is 14.0 Å². The maximum Gasteiger partial charge on any atom is 0.255 e. The van der Waals surface area contributed by atoms with Gasteiger partial charge >= 0.3 is 0 Å². The first kappa shape index (κ1) is 17.5. The Morgan fingerprint density at radius 1 is 1.26 bits per heavy atom. The first-order valence-electron chi connectivity index (χ1n) is 9.21. The Balaban J connectivity index is 1.57. The largest absolute Gasteiger partial charge is 0.334 e. The lowest BCUT2D eigenvalue weighted by atomic mass is 10.2. The van der Waals surface area contributed by atoms with E-state index >= 15 is 0 Å². The van der Waals surface area contributed by atoms with Gasteiger partial charge in [0.2, 0.25) is 0 Å². The molecule has 0 spiro atoms. The minimum absolute atomic E-state index is 0.0266. The van der Waals surface area contributed by atoms with Gasteiger partial charge in [-0.25, -0.2) is 4.98 Å². The van der Waals surface area contributed by atoms with E-state index in [2.05, 4.69) is 15.2 Å². The Labute approximate surface area is 158 Å². The second kappa shape index (κ2) is 6.64. The van der Waals surface area contributed by atoms with Crippen LogP contribution in [0.15, 0.2) is 30.5 Å². The van der Waals surface area contributed by atoms with Crippen molar-refractivity contribution in [2.45, 2.75) is 39.2 Å². The minimum Gasteiger partial charge on any atom is -0.334 e. The van der Waals surface area contributed by atoms with E-state index in [4.69, 9.17) is 0 Å². The molecule has 7 nitrogen and oxygen atoms in total. The van der Waals surface area contributed by atoms with Crippen LogP contribution in [-0.4, -0.2) is 42.2 Å². The highest BCUT2D eigenvalue weighted by Gasteiger charge is 2.30. The number of rotatable bonds is 5. The Morgan fingerprint density at radius 3 is 2.70 bits per heavy atom. The summed E-state index contributed by atoms with van der Waals surface area (Å²) in [7, 11) is 3.79. The van der Waals surface area contributed by atoms with Crippen molar-refractivity contribution in [1.29, 1.82) is 0 Å². The average molecular weight is 364 g/mol. The molecule has 0 N–H and O–H groups in total. The molecular formula is C20H24N6O. The SMILES string of the molecule is Cc1cc(C(=O)N(C)Cc2nnc(C3CC3)n2C)c(C)n1-c1ccccn1. The van der Waals surface area contributed by atoms with Crippen LogP contribution in [0.3, 0.4) is 0 Å². The molecule has 0 aromatic carbocycles. The van der Waals surface area contributed by atoms with Gasteiger partial charge in [0.05, 0.1) is 12.1 Å². The normalized spacial score (nSPS) is 13.8. The number of carbonyl (C=O) groups is 1. The topological polar surface area (TPSA) is 68.8 Å². The van der Waals surface area contributed by atoms with E-state index in [1.54, 1.807) is 18.1 Å². The zero-order valence-electron chi connectivity index (χ0n) is 16.2. The molecule has 0 bridgehead atoms. The van der Waals surface area contributed by atoms with Gasteiger partial charge in [-0.3, -0.25) is 4.79 Å². The van der Waals surface area contributed by atoms with Crippen LogP contribution in [-0.2, 0) is 13.6 Å². The van der Waals surface area contributed by atoms with E-state index in [0.717, 1.165) is 28.9 Å². The van der Waals surface area contributed by atoms with Crippen molar-refractivity contribution in [2.24, 2.45) is 7.05 Å². The third kappa shape index (κ3) is 3.13. The summed E-state index contributed by atoms with van der Waals surface area (Å²) in [6.07, 6.45) is 4.12. The Kier molecular flexibility index (Phi) is 4.30. The minimum atomic E-state index is -0.0266. The molecule has 27 heavy (non-hydrogen) atoms. The summed E-state index contributed by atoms with van der Waals surface area (Å²) in [6.45, 7) is 4.38. The molecule has 1 amide bonds. The van der Waals surface area contributed by atoms with E-state index < -0.39 is 0 Å². The second-order valence-corrected chi connectivity index (χ2v) is 7.28. The fraction of sp³-hybridized carbons (Fsp3) is 0.400. The van der Waals surface area contributed by atoms with Gasteiger partial charge in [-0.2, -0.15) is 0 Å². The molecule has 3 heterocycles. The van der Waals surface area contributed by atoms with Gasteiger partial charge in [0.1, 0.15) is 11.6 Å². The molecule has 140 valence electrons. The number of aromatic nitrogens is 5. The van der Waals surface area contributed by atoms with Crippen molar-refractivity contribution >= 4 is 5.91 Å². The molecular weight excluding hydrogens is 340 g/mol. The number of nitrogens with zero attached hydrogens (tertiary/aromatic N) is 6. The first-order chi connectivity index (χ1) is 13.0. The van der Waals surface area contributed by atoms with Crippen molar-refractivity contribution in [3.63, 3.8) is 0 Å². The van der Waals surface area contributed by atoms with Gasteiger partial charge in [-0.1, -0.05) is 6.07 Å². The average Bonchev–Trinajstić information content (AvgIpc) is 3.38. The van der Waals surface area contributed by atoms with Gasteiger partial charge in [0.25, 0.3) is 5.91 Å². The zero-order chi connectivity index (χ0) is 19.1. The van der Waals surface area contributed by atoms with Crippen molar-refractivity contribution in [2.75, 3.05) is 7.05 Å². The van der Waals surface area contributed by atoms with Crippen LogP contribution < -0.4 is 0 Å². The van der Waals surface area contributed by atoms with E-state index in [-0.39, 0.29) is 5.91 Å². The van der Waals surface area contributed by atoms with Crippen molar-refractivity contribution < 1.29 is 4.79 Å². The third-order valence-corrected chi connectivity index (χ3v) is 5.21. The Hall–Kier alpha value is -2.96. The summed E-state index contributed by atoms with van der Waals surface area (Å²) in [6, 6.07) is 7.70. The standard InChI is InChI=1S/C20H24N6O/c1-13-11-16(14(2)26(13)17-7-5-6-10-21-17)20(27)24(3)12-18-22-23-19(25(18)4)15-8-9-15/h5-7,10-11,15H,8-9,12H2,1-4H3. The molecule has 1 fully saturated rings. The molecule has 1 saturated carbocycles. The Bertz CT molecular complexity index is 984. The summed E-state index contributed by atoms with van der Waals surface area (Å²) in [4.78, 5) is 19.2. The smallest absolute Gasteiger partial charge is 0.255 e. The summed E-state index contributed by atoms with van der Waals surface area (Å²) in [5.74, 6) is 3.16. The fourth-order valence-electron chi connectivity index (χ4n) is 3.52. The first-order valence-corrected chi connectivity index (χ1v) is 9.21. The lowest BCUT2D eigenvalue weighted by molar-refractivity contribution is 0.0779. The quantitative estimate of drug-likeness (QED) is 0.698. The highest BCUT2D eigenvalue weighted by Crippen LogP contribution is 2.38. The Morgan fingerprint density at radius 2 is 2.04 bits per heavy atom. The molecule has 7 heteroatoms. The van der Waals surface area contributed by atoms with Gasteiger partial charge in [0, 0.05) is 37.6 Å². The second-order valence-electron chi connectivity index (χ2n) is 7.28. The molecule has 0 aliphatic heterocycles. The molecule has 0 radical (unpaired) electrons. The maximum atomic E-state index is 13.1. The van der Waals surface area contributed by atoms with Crippen LogP contribution in [0.5, 0.6) is 0 Å². The van der Waals surface area contributed by atoms with Crippen molar-refractivity contribution in [1.82, 2.24) is 29.2 Å². The number of hydrogen-bond acceptors (Lipinski definition) is 4. The van der Waals surface area contributed by atoms with Crippen LogP contribution >= 0.6 is 0 Å². The summed E-state index contributed by atoms with van der Waals surface area (Å²) >= 11 is 0. The number of hydrogen-bond donors (Lipinski definition) is 0. The van der Waals surface area contributed by atoms with Gasteiger partial charge in [-0.05, 0) is 44.9 Å². The van der Waals surface area contributed by atoms with Crippen LogP contribution in [0.2, 0.25) is 0 Å². The van der Waals surface area contributed by atoms with Crippen LogP contribution in [0, 0.1) is 13.8 Å². The lowest BCUT2D eigenvalue weighted by Gasteiger charge is -2.17. The fourth-order valence-corrected chi connectivity index (χ4v) is 3.52. The molecule has 0 atom stereocenters. The van der Waals surface area contributed by atoms with E-state index in [1.165, 1.54) is 12.8 Å². The lowest BCUT2D eigenvalue weighted by Crippen LogP contribution is -2.28. The predicted molar refractivity (Wildman–Crippen MR) is 102 cm³/mol. The van der Waals surface area contributed by atoms with E-state index in [9.17, 15) is 4.79 Å².